The fourth-order valence-electron chi connectivity index (χ4n) is 3.90. The van der Waals surface area contributed by atoms with Gasteiger partial charge in [0.2, 0.25) is 0 Å². The van der Waals surface area contributed by atoms with Gasteiger partial charge in [-0.05, 0) is 26.3 Å². The molecule has 3 rings (SSSR count). The Morgan fingerprint density at radius 2 is 2.14 bits per heavy atom. The first-order chi connectivity index (χ1) is 10.0. The molecule has 0 spiro atoms. The molecule has 0 aromatic rings. The highest BCUT2D eigenvalue weighted by atomic mass is 16.4. The van der Waals surface area contributed by atoms with Crippen molar-refractivity contribution < 1.29 is 9.90 Å². The van der Waals surface area contributed by atoms with Gasteiger partial charge in [0, 0.05) is 37.8 Å². The number of hydrogen-bond acceptors (Lipinski definition) is 4. The van der Waals surface area contributed by atoms with Crippen LogP contribution in [0.5, 0.6) is 0 Å². The number of likely N-dealkylation sites (N-methyl/N-ethyl adjacent to an activating group) is 1. The van der Waals surface area contributed by atoms with Gasteiger partial charge < -0.3 is 10.0 Å². The Balaban J connectivity index is 1.56. The maximum absolute atomic E-state index is 11.2. The zero-order valence-electron chi connectivity index (χ0n) is 12.8. The first-order valence-electron chi connectivity index (χ1n) is 7.87. The number of aliphatic imine (C=N–C) groups is 1. The molecule has 1 unspecified atom stereocenters. The number of rotatable bonds is 5. The van der Waals surface area contributed by atoms with Gasteiger partial charge in [-0.15, -0.1) is 6.58 Å². The molecule has 0 aromatic heterocycles. The SMILES string of the molecule is C=CC1CC1=NC1CCN(C2(CC(=O)O)CN(C)C2)CC1. The van der Waals surface area contributed by atoms with Gasteiger partial charge in [0.25, 0.3) is 0 Å². The van der Waals surface area contributed by atoms with Gasteiger partial charge in [-0.2, -0.15) is 0 Å². The number of hydrogen-bond donors (Lipinski definition) is 1. The predicted octanol–water partition coefficient (Wildman–Crippen LogP) is 1.26. The molecule has 2 aliphatic heterocycles. The van der Waals surface area contributed by atoms with Crippen LogP contribution in [0.15, 0.2) is 17.6 Å². The fraction of sp³-hybridized carbons (Fsp3) is 0.750. The lowest BCUT2D eigenvalue weighted by molar-refractivity contribution is -0.146. The fourth-order valence-corrected chi connectivity index (χ4v) is 3.90. The van der Waals surface area contributed by atoms with E-state index in [-0.39, 0.29) is 12.0 Å². The molecule has 3 aliphatic rings. The van der Waals surface area contributed by atoms with E-state index >= 15 is 0 Å². The van der Waals surface area contributed by atoms with Crippen LogP contribution in [0.25, 0.3) is 0 Å². The van der Waals surface area contributed by atoms with Crippen molar-refractivity contribution in [2.45, 2.75) is 37.3 Å². The number of carboxylic acid groups (broad SMARTS) is 1. The molecular formula is C16H25N3O2. The van der Waals surface area contributed by atoms with Crippen molar-refractivity contribution in [2.24, 2.45) is 10.9 Å². The molecule has 0 radical (unpaired) electrons. The highest BCUT2D eigenvalue weighted by molar-refractivity contribution is 6.02. The van der Waals surface area contributed by atoms with Gasteiger partial charge in [-0.1, -0.05) is 6.08 Å². The number of carbonyl (C=O) groups is 1. The molecule has 2 saturated heterocycles. The largest absolute Gasteiger partial charge is 0.481 e. The Hall–Kier alpha value is -1.20. The Morgan fingerprint density at radius 3 is 2.62 bits per heavy atom. The second-order valence-corrected chi connectivity index (χ2v) is 6.85. The van der Waals surface area contributed by atoms with Crippen LogP contribution in [0.4, 0.5) is 0 Å². The summed E-state index contributed by atoms with van der Waals surface area (Å²) in [6.07, 6.45) is 5.45. The summed E-state index contributed by atoms with van der Waals surface area (Å²) >= 11 is 0. The van der Waals surface area contributed by atoms with E-state index in [1.54, 1.807) is 0 Å². The quantitative estimate of drug-likeness (QED) is 0.775. The van der Waals surface area contributed by atoms with Crippen molar-refractivity contribution in [3.63, 3.8) is 0 Å². The van der Waals surface area contributed by atoms with Crippen LogP contribution < -0.4 is 0 Å². The molecule has 116 valence electrons. The molecule has 1 saturated carbocycles. The first kappa shape index (κ1) is 14.7. The monoisotopic (exact) mass is 291 g/mol. The van der Waals surface area contributed by atoms with E-state index in [9.17, 15) is 9.90 Å². The average molecular weight is 291 g/mol. The van der Waals surface area contributed by atoms with Gasteiger partial charge in [0.15, 0.2) is 0 Å². The Kier molecular flexibility index (Phi) is 3.88. The maximum atomic E-state index is 11.2. The van der Waals surface area contributed by atoms with E-state index < -0.39 is 5.97 Å². The third-order valence-corrected chi connectivity index (χ3v) is 5.07. The molecule has 0 aromatic carbocycles. The summed E-state index contributed by atoms with van der Waals surface area (Å²) in [6, 6.07) is 0.431. The molecular weight excluding hydrogens is 266 g/mol. The molecule has 21 heavy (non-hydrogen) atoms. The van der Waals surface area contributed by atoms with Gasteiger partial charge in [-0.25, -0.2) is 0 Å². The van der Waals surface area contributed by atoms with E-state index in [1.807, 2.05) is 6.08 Å². The molecule has 0 amide bonds. The third kappa shape index (κ3) is 3.04. The number of piperidine rings is 1. The lowest BCUT2D eigenvalue weighted by atomic mass is 9.83. The van der Waals surface area contributed by atoms with Gasteiger partial charge in [0.05, 0.1) is 18.0 Å². The summed E-state index contributed by atoms with van der Waals surface area (Å²) in [5.41, 5.74) is 1.18. The lowest BCUT2D eigenvalue weighted by Crippen LogP contribution is -2.70. The Morgan fingerprint density at radius 1 is 1.48 bits per heavy atom. The van der Waals surface area contributed by atoms with Crippen molar-refractivity contribution in [3.8, 4) is 0 Å². The summed E-state index contributed by atoms with van der Waals surface area (Å²) in [5.74, 6) is -0.154. The minimum Gasteiger partial charge on any atom is -0.481 e. The number of aliphatic carboxylic acids is 1. The smallest absolute Gasteiger partial charge is 0.305 e. The van der Waals surface area contributed by atoms with Crippen LogP contribution in [0.2, 0.25) is 0 Å². The van der Waals surface area contributed by atoms with Gasteiger partial charge in [-0.3, -0.25) is 14.7 Å². The van der Waals surface area contributed by atoms with E-state index in [1.165, 1.54) is 5.71 Å². The van der Waals surface area contributed by atoms with Crippen molar-refractivity contribution in [1.82, 2.24) is 9.80 Å². The van der Waals surface area contributed by atoms with Crippen LogP contribution in [0.1, 0.15) is 25.7 Å². The summed E-state index contributed by atoms with van der Waals surface area (Å²) in [6.45, 7) is 7.51. The first-order valence-corrected chi connectivity index (χ1v) is 7.87. The predicted molar refractivity (Wildman–Crippen MR) is 82.8 cm³/mol. The maximum Gasteiger partial charge on any atom is 0.305 e. The highest BCUT2D eigenvalue weighted by Gasteiger charge is 2.48. The van der Waals surface area contributed by atoms with Gasteiger partial charge in [0.1, 0.15) is 0 Å². The zero-order valence-corrected chi connectivity index (χ0v) is 12.8. The minimum atomic E-state index is -0.683. The minimum absolute atomic E-state index is 0.137. The molecule has 1 N–H and O–H groups in total. The third-order valence-electron chi connectivity index (χ3n) is 5.07. The summed E-state index contributed by atoms with van der Waals surface area (Å²) in [7, 11) is 2.06. The summed E-state index contributed by atoms with van der Waals surface area (Å²) in [5, 5.41) is 9.19. The van der Waals surface area contributed by atoms with Crippen molar-refractivity contribution in [2.75, 3.05) is 33.2 Å². The van der Waals surface area contributed by atoms with E-state index in [4.69, 9.17) is 4.99 Å². The number of nitrogens with zero attached hydrogens (tertiary/aromatic N) is 3. The van der Waals surface area contributed by atoms with Crippen LogP contribution in [-0.2, 0) is 4.79 Å². The van der Waals surface area contributed by atoms with E-state index in [0.29, 0.717) is 12.0 Å². The number of allylic oxidation sites excluding steroid dienone is 1. The van der Waals surface area contributed by atoms with Crippen LogP contribution in [-0.4, -0.2) is 71.4 Å². The average Bonchev–Trinajstić information content (AvgIpc) is 3.15. The molecule has 1 atom stereocenters. The molecule has 5 heteroatoms. The highest BCUT2D eigenvalue weighted by Crippen LogP contribution is 2.34. The van der Waals surface area contributed by atoms with Crippen molar-refractivity contribution >= 4 is 11.7 Å². The molecule has 3 fully saturated rings. The zero-order chi connectivity index (χ0) is 15.0. The van der Waals surface area contributed by atoms with Crippen LogP contribution >= 0.6 is 0 Å². The van der Waals surface area contributed by atoms with Crippen LogP contribution in [0, 0.1) is 5.92 Å². The second-order valence-electron chi connectivity index (χ2n) is 6.85. The Bertz CT molecular complexity index is 460. The summed E-state index contributed by atoms with van der Waals surface area (Å²) < 4.78 is 0. The van der Waals surface area contributed by atoms with Crippen LogP contribution in [0.3, 0.4) is 0 Å². The standard InChI is InChI=1S/C16H25N3O2/c1-3-12-8-14(12)17-13-4-6-19(7-5-13)16(9-15(20)21)10-18(2)11-16/h3,12-13H,1,4-11H2,2H3,(H,20,21). The molecule has 2 heterocycles. The summed E-state index contributed by atoms with van der Waals surface area (Å²) in [4.78, 5) is 20.6. The normalized spacial score (nSPS) is 31.9. The van der Waals surface area contributed by atoms with E-state index in [2.05, 4.69) is 23.4 Å². The van der Waals surface area contributed by atoms with Gasteiger partial charge >= 0.3 is 5.97 Å². The lowest BCUT2D eigenvalue weighted by Gasteiger charge is -2.55. The molecule has 0 bridgehead atoms. The molecule has 1 aliphatic carbocycles. The number of carboxylic acids is 1. The van der Waals surface area contributed by atoms with E-state index in [0.717, 1.165) is 45.4 Å². The molecule has 5 nitrogen and oxygen atoms in total. The topological polar surface area (TPSA) is 56.1 Å². The Labute approximate surface area is 126 Å². The number of likely N-dealkylation sites (tertiary alicyclic amines) is 2. The second kappa shape index (κ2) is 5.54. The van der Waals surface area contributed by atoms with Crippen molar-refractivity contribution in [3.05, 3.63) is 12.7 Å². The van der Waals surface area contributed by atoms with Crippen molar-refractivity contribution in [1.29, 1.82) is 0 Å².